The molecule has 21 N–H and O–H groups in total. The van der Waals surface area contributed by atoms with Gasteiger partial charge in [0.05, 0.1) is 58.9 Å². The van der Waals surface area contributed by atoms with Crippen LogP contribution < -0.4 is 5.32 Å². The molecule has 39 heteroatoms. The van der Waals surface area contributed by atoms with Crippen molar-refractivity contribution in [2.45, 2.75) is 228 Å². The van der Waals surface area contributed by atoms with Gasteiger partial charge in [-0.2, -0.15) is 0 Å². The smallest absolute Gasteiger partial charge is 0.243 e. The van der Waals surface area contributed by atoms with Crippen LogP contribution in [0.4, 0.5) is 0 Å². The van der Waals surface area contributed by atoms with E-state index in [9.17, 15) is 107 Å². The lowest BCUT2D eigenvalue weighted by molar-refractivity contribution is -0.396. The summed E-state index contributed by atoms with van der Waals surface area (Å²) in [6.07, 6.45) is -68.7. The van der Waals surface area contributed by atoms with Gasteiger partial charge in [0, 0.05) is 0 Å². The van der Waals surface area contributed by atoms with Crippen LogP contribution in [0.15, 0.2) is 18.9 Å². The largest absolute Gasteiger partial charge is 0.394 e. The lowest BCUT2D eigenvalue weighted by Gasteiger charge is -2.50. The highest BCUT2D eigenvalue weighted by Crippen LogP contribution is 2.39. The molecule has 0 radical (unpaired) electrons. The first-order valence-electron chi connectivity index (χ1n) is 27.6. The molecule has 0 saturated carbocycles. The molecule has 1 aromatic heterocycles. The van der Waals surface area contributed by atoms with E-state index >= 15 is 0 Å². The molecule has 0 spiro atoms. The first kappa shape index (κ1) is 68.4. The van der Waals surface area contributed by atoms with Crippen LogP contribution in [0.25, 0.3) is 0 Å². The second-order valence-electron chi connectivity index (χ2n) is 21.8. The zero-order chi connectivity index (χ0) is 63.0. The third kappa shape index (κ3) is 14.0. The normalized spacial score (nSPS) is 50.2. The molecule has 498 valence electrons. The van der Waals surface area contributed by atoms with Gasteiger partial charge in [-0.25, -0.2) is 4.68 Å². The number of nitrogens with zero attached hydrogens (tertiary/aromatic N) is 3. The Labute approximate surface area is 490 Å². The number of aliphatic hydroxyl groups excluding tert-OH is 20. The van der Waals surface area contributed by atoms with Gasteiger partial charge in [-0.3, -0.25) is 4.79 Å². The van der Waals surface area contributed by atoms with Crippen LogP contribution in [-0.4, -0.2) is 378 Å². The lowest BCUT2D eigenvalue weighted by Crippen LogP contribution is -2.68. The second kappa shape index (κ2) is 29.3. The molecule has 35 unspecified atom stereocenters. The fourth-order valence-electron chi connectivity index (χ4n) is 11.4. The number of ether oxygens (including phenoxy) is 14. The molecule has 35 atom stereocenters. The maximum atomic E-state index is 11.9. The molecule has 14 bridgehead atoms. The van der Waals surface area contributed by atoms with Crippen molar-refractivity contribution in [1.29, 1.82) is 0 Å². The molecule has 1 amide bonds. The maximum Gasteiger partial charge on any atom is 0.243 e. The van der Waals surface area contributed by atoms with Gasteiger partial charge in [-0.15, -0.1) is 5.10 Å². The van der Waals surface area contributed by atoms with Crippen LogP contribution in [0.5, 0.6) is 0 Å². The highest BCUT2D eigenvalue weighted by Gasteiger charge is 2.59. The minimum absolute atomic E-state index is 0.163. The van der Waals surface area contributed by atoms with E-state index in [1.165, 1.54) is 6.20 Å². The topological polar surface area (TPSA) is 594 Å². The zero-order valence-corrected chi connectivity index (χ0v) is 45.6. The summed E-state index contributed by atoms with van der Waals surface area (Å²) in [6, 6.07) is 0. The van der Waals surface area contributed by atoms with Gasteiger partial charge in [0.25, 0.3) is 0 Å². The lowest BCUT2D eigenvalue weighted by atomic mass is 9.95. The van der Waals surface area contributed by atoms with Gasteiger partial charge >= 0.3 is 0 Å². The number of carbonyl (C=O) groups excluding carboxylic acids is 1. The van der Waals surface area contributed by atoms with E-state index < -0.39 is 267 Å². The van der Waals surface area contributed by atoms with E-state index in [2.05, 4.69) is 22.2 Å². The van der Waals surface area contributed by atoms with Gasteiger partial charge in [-0.1, -0.05) is 11.8 Å². The van der Waals surface area contributed by atoms with E-state index in [4.69, 9.17) is 66.3 Å². The quantitative estimate of drug-likeness (QED) is 0.0915. The highest BCUT2D eigenvalue weighted by molar-refractivity contribution is 5.86. The zero-order valence-electron chi connectivity index (χ0n) is 45.6. The predicted octanol–water partition coefficient (Wildman–Crippen LogP) is -15.1. The molecule has 0 aliphatic carbocycles. The van der Waals surface area contributed by atoms with E-state index in [1.54, 1.807) is 0 Å². The van der Waals surface area contributed by atoms with Crippen LogP contribution in [0.2, 0.25) is 0 Å². The molecule has 1 aromatic rings. The molecule has 22 heterocycles. The summed E-state index contributed by atoms with van der Waals surface area (Å²) in [4.78, 5) is 11.9. The van der Waals surface area contributed by atoms with E-state index in [-0.39, 0.29) is 12.2 Å². The highest BCUT2D eigenvalue weighted by atomic mass is 16.8. The van der Waals surface area contributed by atoms with Gasteiger partial charge < -0.3 is 174 Å². The number of aliphatic hydroxyl groups is 20. The second-order valence-corrected chi connectivity index (χ2v) is 21.8. The van der Waals surface area contributed by atoms with Crippen LogP contribution in [0, 0.1) is 0 Å². The van der Waals surface area contributed by atoms with Crippen molar-refractivity contribution < 1.29 is 173 Å². The Morgan fingerprint density at radius 2 is 0.598 bits per heavy atom. The number of nitrogens with one attached hydrogen (secondary N) is 1. The molecule has 21 aliphatic rings. The Morgan fingerprint density at radius 1 is 0.379 bits per heavy atom. The molecular formula is C48H76N4O35. The summed E-state index contributed by atoms with van der Waals surface area (Å²) >= 11 is 0. The fraction of sp³-hybridized carbons (Fsp3) is 0.896. The Morgan fingerprint density at radius 3 is 0.816 bits per heavy atom. The van der Waals surface area contributed by atoms with Crippen LogP contribution in [0.1, 0.15) is 5.69 Å². The standard InChI is InChI=1S/C48H76N4O35/c1-2-20(59)49-3-12-4-52(51-50-12)5-13-35-21(60)28(67)42(74-13)82-36-14(6-53)76-44(30(69)23(36)62)84-38-16(8-55)78-46(32(71)25(38)64)86-40-18(10-57)80-48(34(73)27(40)66)87-41-19(11-58)79-47(33(72)26(41)65)85-39-17(9-56)77-45(31(70)24(39)63)83-37-15(7-54)75-43(81-35)29(68)22(37)61/h2,4,13-19,21-48,53-58,60-73H,1,3,5-11H2,(H,49,59). The number of amides is 1. The molecule has 39 nitrogen and oxygen atoms in total. The Kier molecular flexibility index (Phi) is 23.0. The van der Waals surface area contributed by atoms with Crippen LogP contribution in [0.3, 0.4) is 0 Å². The maximum absolute atomic E-state index is 11.9. The van der Waals surface area contributed by atoms with Crippen molar-refractivity contribution in [3.05, 3.63) is 24.5 Å². The molecular weight excluding hydrogens is 1190 g/mol. The third-order valence-electron chi connectivity index (χ3n) is 16.2. The average Bonchev–Trinajstić information content (AvgIpc) is 1.11. The van der Waals surface area contributed by atoms with Gasteiger partial charge in [0.2, 0.25) is 5.91 Å². The molecule has 87 heavy (non-hydrogen) atoms. The van der Waals surface area contributed by atoms with E-state index in [0.29, 0.717) is 0 Å². The van der Waals surface area contributed by atoms with Crippen molar-refractivity contribution in [1.82, 2.24) is 20.3 Å². The Bertz CT molecular complexity index is 2340. The van der Waals surface area contributed by atoms with Crippen LogP contribution >= 0.6 is 0 Å². The van der Waals surface area contributed by atoms with Crippen molar-refractivity contribution in [3.8, 4) is 0 Å². The SMILES string of the molecule is C=CC(=O)NCc1cn(CC2OC3OC4C(CO)OC(OC5C(CO)OC(OC6C(CO)OC(OC7C(CO)OC(OC8C(CO)OC(OC9C(CO)OC(OC2C(O)C3O)C(O)C9O)C(O)C8O)C(O)C7O)C(O)C6O)C(O)C5O)C(O)C4O)nn1. The Hall–Kier alpha value is -3.01. The number of hydrogen-bond donors (Lipinski definition) is 21. The molecule has 21 fully saturated rings. The molecule has 21 saturated heterocycles. The number of aromatic nitrogens is 3. The minimum Gasteiger partial charge on any atom is -0.394 e. The summed E-state index contributed by atoms with van der Waals surface area (Å²) in [7, 11) is 0. The van der Waals surface area contributed by atoms with Gasteiger partial charge in [-0.05, 0) is 6.08 Å². The summed E-state index contributed by atoms with van der Waals surface area (Å²) in [5, 5.41) is 234. The summed E-state index contributed by atoms with van der Waals surface area (Å²) in [5.74, 6) is -0.570. The summed E-state index contributed by atoms with van der Waals surface area (Å²) < 4.78 is 82.3. The van der Waals surface area contributed by atoms with Crippen molar-refractivity contribution in [2.75, 3.05) is 39.6 Å². The van der Waals surface area contributed by atoms with Crippen LogP contribution in [-0.2, 0) is 84.2 Å². The fourth-order valence-corrected chi connectivity index (χ4v) is 11.4. The first-order chi connectivity index (χ1) is 41.5. The molecule has 0 aromatic carbocycles. The number of rotatable bonds is 11. The summed E-state index contributed by atoms with van der Waals surface area (Å²) in [6.45, 7) is -3.70. The van der Waals surface area contributed by atoms with E-state index in [1.807, 2.05) is 0 Å². The van der Waals surface area contributed by atoms with Gasteiger partial charge in [0.1, 0.15) is 177 Å². The Balaban J connectivity index is 1.02. The monoisotopic (exact) mass is 1270 g/mol. The van der Waals surface area contributed by atoms with Gasteiger partial charge in [0.15, 0.2) is 44.0 Å². The number of hydrogen-bond acceptors (Lipinski definition) is 37. The van der Waals surface area contributed by atoms with E-state index in [0.717, 1.165) is 10.8 Å². The molecule has 22 rings (SSSR count). The molecule has 21 aliphatic heterocycles. The first-order valence-corrected chi connectivity index (χ1v) is 27.6. The minimum atomic E-state index is -2.25. The number of carbonyl (C=O) groups is 1. The summed E-state index contributed by atoms with van der Waals surface area (Å²) in [5.41, 5.74) is 0.163. The van der Waals surface area contributed by atoms with Crippen molar-refractivity contribution in [3.63, 3.8) is 0 Å². The van der Waals surface area contributed by atoms with Crippen molar-refractivity contribution in [2.24, 2.45) is 0 Å². The average molecular weight is 1270 g/mol. The third-order valence-corrected chi connectivity index (χ3v) is 16.2. The predicted molar refractivity (Wildman–Crippen MR) is 263 cm³/mol. The van der Waals surface area contributed by atoms with Crippen molar-refractivity contribution >= 4 is 5.91 Å².